The molecule has 1 fully saturated rings. The highest BCUT2D eigenvalue weighted by Gasteiger charge is 2.30. The second-order valence-electron chi connectivity index (χ2n) is 12.4. The van der Waals surface area contributed by atoms with Crippen molar-refractivity contribution in [3.05, 3.63) is 86.4 Å². The van der Waals surface area contributed by atoms with Gasteiger partial charge in [0.05, 0.1) is 43.1 Å². The molecular weight excluding hydrogens is 683 g/mol. The van der Waals surface area contributed by atoms with Crippen molar-refractivity contribution in [2.75, 3.05) is 33.4 Å². The molecule has 50 heavy (non-hydrogen) atoms. The average Bonchev–Trinajstić information content (AvgIpc) is 3.86. The summed E-state index contributed by atoms with van der Waals surface area (Å²) in [6.07, 6.45) is 2.86. The third kappa shape index (κ3) is 6.11. The van der Waals surface area contributed by atoms with E-state index in [2.05, 4.69) is 20.9 Å². The van der Waals surface area contributed by atoms with Gasteiger partial charge in [-0.25, -0.2) is 4.98 Å². The van der Waals surface area contributed by atoms with E-state index in [0.717, 1.165) is 40.8 Å². The Balaban J connectivity index is 1.20. The van der Waals surface area contributed by atoms with E-state index in [1.54, 1.807) is 13.2 Å². The maximum Gasteiger partial charge on any atom is 0.236 e. The molecule has 0 amide bonds. The Kier molecular flexibility index (Phi) is 9.54. The number of aliphatic hydroxyl groups excluding tert-OH is 3. The van der Waals surface area contributed by atoms with Crippen molar-refractivity contribution in [3.63, 3.8) is 0 Å². The summed E-state index contributed by atoms with van der Waals surface area (Å²) in [5.41, 5.74) is 5.25. The van der Waals surface area contributed by atoms with Crippen LogP contribution in [0.15, 0.2) is 53.1 Å². The minimum atomic E-state index is -0.817. The molecule has 0 unspecified atom stereocenters. The largest absolute Gasteiger partial charge is 0.481 e. The lowest BCUT2D eigenvalue weighted by molar-refractivity contribution is 0.151. The van der Waals surface area contributed by atoms with Gasteiger partial charge in [-0.05, 0) is 48.1 Å². The number of oxazole rings is 1. The highest BCUT2D eigenvalue weighted by molar-refractivity contribution is 6.36. The molecule has 1 aliphatic heterocycles. The minimum Gasteiger partial charge on any atom is -0.481 e. The van der Waals surface area contributed by atoms with E-state index in [9.17, 15) is 20.6 Å². The first kappa shape index (κ1) is 34.0. The number of ether oxygens (including phenoxy) is 2. The van der Waals surface area contributed by atoms with Crippen LogP contribution in [0.25, 0.3) is 33.7 Å². The summed E-state index contributed by atoms with van der Waals surface area (Å²) in [6, 6.07) is 14.5. The first-order valence-corrected chi connectivity index (χ1v) is 16.9. The Hall–Kier alpha value is -4.48. The lowest BCUT2D eigenvalue weighted by Crippen LogP contribution is -2.29. The van der Waals surface area contributed by atoms with Crippen molar-refractivity contribution >= 4 is 34.3 Å². The molecule has 1 aliphatic carbocycles. The standard InChI is InChI=1S/C36H34Cl2N6O6/c1-48-34-19(14-43-11-10-22(47)16-43)12-28(37)36(42-34)49-29-9-8-24-23(4-2-5-25(24)29)26-6-3-7-27(30(26)38)35-41-31-32(50-35)20(13-39)15-44(33(31)40)21(17-45)18-46/h2-7,12,15,21-22,29,40,45-47H,8-11,14,16-18H2,1H3/t22-,29+/m1/s1. The number of nitrogens with zero attached hydrogens (tertiary/aromatic N) is 5. The third-order valence-corrected chi connectivity index (χ3v) is 10.0. The zero-order valence-corrected chi connectivity index (χ0v) is 28.6. The number of β-amino-alcohol motifs (C(OH)–C–C–N with tert-alkyl or cyclic N) is 1. The number of benzene rings is 2. The number of halogens is 2. The van der Waals surface area contributed by atoms with Crippen molar-refractivity contribution in [2.24, 2.45) is 0 Å². The van der Waals surface area contributed by atoms with Gasteiger partial charge in [0.2, 0.25) is 17.7 Å². The van der Waals surface area contributed by atoms with Crippen LogP contribution in [-0.2, 0) is 13.0 Å². The molecule has 2 atom stereocenters. The number of nitrogens with one attached hydrogen (secondary N) is 1. The number of rotatable bonds is 10. The zero-order valence-electron chi connectivity index (χ0n) is 27.1. The minimum absolute atomic E-state index is 0.106. The molecular formula is C36H34Cl2N6O6. The lowest BCUT2D eigenvalue weighted by Gasteiger charge is -2.20. The van der Waals surface area contributed by atoms with Crippen LogP contribution in [0, 0.1) is 16.7 Å². The number of methoxy groups -OCH3 is 1. The van der Waals surface area contributed by atoms with Gasteiger partial charge in [-0.15, -0.1) is 0 Å². The van der Waals surface area contributed by atoms with Crippen LogP contribution in [0.5, 0.6) is 11.8 Å². The van der Waals surface area contributed by atoms with E-state index in [0.29, 0.717) is 47.4 Å². The van der Waals surface area contributed by atoms with Crippen LogP contribution in [0.4, 0.5) is 0 Å². The van der Waals surface area contributed by atoms with Gasteiger partial charge in [0, 0.05) is 37.0 Å². The van der Waals surface area contributed by atoms with Crippen LogP contribution < -0.4 is 15.0 Å². The highest BCUT2D eigenvalue weighted by atomic mass is 35.5. The number of aromatic nitrogens is 3. The second kappa shape index (κ2) is 14.0. The van der Waals surface area contributed by atoms with E-state index >= 15 is 0 Å². The number of hydrogen-bond donors (Lipinski definition) is 4. The van der Waals surface area contributed by atoms with Crippen molar-refractivity contribution < 1.29 is 29.2 Å². The Bertz CT molecular complexity index is 2190. The Morgan fingerprint density at radius 2 is 1.84 bits per heavy atom. The fourth-order valence-corrected chi connectivity index (χ4v) is 7.39. The number of aliphatic hydroxyl groups is 3. The molecule has 0 spiro atoms. The summed E-state index contributed by atoms with van der Waals surface area (Å²) in [4.78, 5) is 11.3. The molecule has 7 rings (SSSR count). The molecule has 4 N–H and O–H groups in total. The topological polar surface area (TPSA) is 174 Å². The molecule has 12 nitrogen and oxygen atoms in total. The molecule has 0 bridgehead atoms. The van der Waals surface area contributed by atoms with Crippen LogP contribution in [0.1, 0.15) is 47.2 Å². The Morgan fingerprint density at radius 3 is 2.56 bits per heavy atom. The zero-order chi connectivity index (χ0) is 35.1. The van der Waals surface area contributed by atoms with Gasteiger partial charge in [-0.1, -0.05) is 53.5 Å². The first-order valence-electron chi connectivity index (χ1n) is 16.2. The lowest BCUT2D eigenvalue weighted by atomic mass is 9.95. The molecule has 14 heteroatoms. The third-order valence-electron chi connectivity index (χ3n) is 9.36. The van der Waals surface area contributed by atoms with E-state index in [4.69, 9.17) is 42.5 Å². The van der Waals surface area contributed by atoms with Crippen LogP contribution >= 0.6 is 23.2 Å². The Labute approximate surface area is 297 Å². The molecule has 5 aromatic rings. The normalized spacial score (nSPS) is 17.4. The fourth-order valence-electron chi connectivity index (χ4n) is 6.86. The average molecular weight is 718 g/mol. The molecule has 0 saturated carbocycles. The number of likely N-dealkylation sites (tertiary alicyclic amines) is 1. The molecule has 2 aliphatic rings. The van der Waals surface area contributed by atoms with Crippen LogP contribution in [-0.4, -0.2) is 74.3 Å². The van der Waals surface area contributed by atoms with E-state index in [1.165, 1.54) is 10.8 Å². The monoisotopic (exact) mass is 716 g/mol. The number of nitriles is 1. The van der Waals surface area contributed by atoms with Crippen molar-refractivity contribution in [1.82, 2.24) is 19.4 Å². The predicted molar refractivity (Wildman–Crippen MR) is 185 cm³/mol. The molecule has 2 aromatic carbocycles. The molecule has 4 heterocycles. The summed E-state index contributed by atoms with van der Waals surface area (Å²) in [5.74, 6) is 0.840. The maximum absolute atomic E-state index is 9.93. The Morgan fingerprint density at radius 1 is 1.08 bits per heavy atom. The van der Waals surface area contributed by atoms with Crippen molar-refractivity contribution in [3.8, 4) is 40.4 Å². The SMILES string of the molecule is COc1nc(O[C@H]2CCc3c(-c4cccc(-c5nc6c(=N)n(C(CO)CO)cc(C#N)c6o5)c4Cl)cccc32)c(Cl)cc1CN1CC[C@@H](O)C1. The van der Waals surface area contributed by atoms with Crippen LogP contribution in [0.2, 0.25) is 10.0 Å². The van der Waals surface area contributed by atoms with Crippen LogP contribution in [0.3, 0.4) is 0 Å². The molecule has 258 valence electrons. The van der Waals surface area contributed by atoms with Gasteiger partial charge < -0.3 is 33.8 Å². The van der Waals surface area contributed by atoms with Gasteiger partial charge >= 0.3 is 0 Å². The second-order valence-corrected chi connectivity index (χ2v) is 13.2. The van der Waals surface area contributed by atoms with Crippen molar-refractivity contribution in [1.29, 1.82) is 10.7 Å². The fraction of sp³-hybridized carbons (Fsp3) is 0.333. The first-order chi connectivity index (χ1) is 24.2. The highest BCUT2D eigenvalue weighted by Crippen LogP contribution is 2.45. The van der Waals surface area contributed by atoms with E-state index < -0.39 is 19.3 Å². The smallest absolute Gasteiger partial charge is 0.236 e. The maximum atomic E-state index is 9.93. The molecule has 1 saturated heterocycles. The molecule has 0 radical (unpaired) electrons. The summed E-state index contributed by atoms with van der Waals surface area (Å²) in [5, 5.41) is 48.6. The number of hydrogen-bond acceptors (Lipinski definition) is 11. The van der Waals surface area contributed by atoms with E-state index in [1.807, 2.05) is 36.4 Å². The summed E-state index contributed by atoms with van der Waals surface area (Å²) in [6.45, 7) is 1.08. The van der Waals surface area contributed by atoms with Gasteiger partial charge in [-0.2, -0.15) is 10.2 Å². The number of pyridine rings is 2. The van der Waals surface area contributed by atoms with E-state index in [-0.39, 0.29) is 46.1 Å². The number of fused-ring (bicyclic) bond motifs is 2. The summed E-state index contributed by atoms with van der Waals surface area (Å²) in [7, 11) is 1.56. The van der Waals surface area contributed by atoms with Gasteiger partial charge in [-0.3, -0.25) is 10.3 Å². The van der Waals surface area contributed by atoms with Gasteiger partial charge in [0.15, 0.2) is 16.6 Å². The quantitative estimate of drug-likeness (QED) is 0.151. The predicted octanol–water partition coefficient (Wildman–Crippen LogP) is 5.18. The van der Waals surface area contributed by atoms with Crippen molar-refractivity contribution in [2.45, 2.75) is 44.1 Å². The summed E-state index contributed by atoms with van der Waals surface area (Å²) >= 11 is 13.8. The van der Waals surface area contributed by atoms with Gasteiger partial charge in [0.1, 0.15) is 22.8 Å². The summed E-state index contributed by atoms with van der Waals surface area (Å²) < 4.78 is 19.4. The molecule has 3 aromatic heterocycles. The van der Waals surface area contributed by atoms with Gasteiger partial charge in [0.25, 0.3) is 0 Å².